The molecule has 0 aliphatic heterocycles. The monoisotopic (exact) mass is 303 g/mol. The van der Waals surface area contributed by atoms with Crippen LogP contribution in [0.25, 0.3) is 0 Å². The van der Waals surface area contributed by atoms with Gasteiger partial charge >= 0.3 is 6.03 Å². The summed E-state index contributed by atoms with van der Waals surface area (Å²) in [6.45, 7) is 3.52. The molecule has 0 fully saturated rings. The predicted octanol–water partition coefficient (Wildman–Crippen LogP) is 2.64. The van der Waals surface area contributed by atoms with Crippen LogP contribution in [-0.4, -0.2) is 24.5 Å². The Morgan fingerprint density at radius 1 is 1.26 bits per heavy atom. The van der Waals surface area contributed by atoms with Crippen LogP contribution < -0.4 is 16.0 Å². The van der Waals surface area contributed by atoms with Gasteiger partial charge in [0.05, 0.1) is 22.3 Å². The lowest BCUT2D eigenvalue weighted by atomic mass is 10.3. The normalized spacial score (nSPS) is 10.2. The van der Waals surface area contributed by atoms with Gasteiger partial charge in [-0.05, 0) is 26.0 Å². The zero-order valence-electron chi connectivity index (χ0n) is 10.6. The average Bonchev–Trinajstić information content (AvgIpc) is 2.30. The largest absolute Gasteiger partial charge is 0.375 e. The maximum Gasteiger partial charge on any atom is 0.321 e. The van der Waals surface area contributed by atoms with Crippen molar-refractivity contribution < 1.29 is 9.59 Å². The minimum absolute atomic E-state index is 0.0388. The molecule has 0 aliphatic rings. The lowest BCUT2D eigenvalue weighted by molar-refractivity contribution is -0.118. The SMILES string of the molecule is CC(C)NC(=O)NC(=O)CNc1cccc(Cl)c1Cl. The van der Waals surface area contributed by atoms with Gasteiger partial charge in [0, 0.05) is 6.04 Å². The zero-order chi connectivity index (χ0) is 14.4. The van der Waals surface area contributed by atoms with E-state index in [0.29, 0.717) is 15.7 Å². The Kier molecular flexibility index (Phi) is 5.92. The van der Waals surface area contributed by atoms with E-state index in [2.05, 4.69) is 16.0 Å². The van der Waals surface area contributed by atoms with Crippen LogP contribution in [0, 0.1) is 0 Å². The molecule has 0 aliphatic carbocycles. The summed E-state index contributed by atoms with van der Waals surface area (Å²) in [6.07, 6.45) is 0. The Hall–Kier alpha value is -1.46. The lowest BCUT2D eigenvalue weighted by Gasteiger charge is -2.11. The Labute approximate surface area is 121 Å². The third-order valence-electron chi connectivity index (χ3n) is 2.06. The molecule has 3 N–H and O–H groups in total. The van der Waals surface area contributed by atoms with E-state index < -0.39 is 11.9 Å². The number of urea groups is 1. The highest BCUT2D eigenvalue weighted by atomic mass is 35.5. The number of carbonyl (C=O) groups excluding carboxylic acids is 2. The van der Waals surface area contributed by atoms with Gasteiger partial charge in [-0.3, -0.25) is 10.1 Å². The second-order valence-electron chi connectivity index (χ2n) is 4.13. The van der Waals surface area contributed by atoms with E-state index >= 15 is 0 Å². The minimum atomic E-state index is -0.529. The zero-order valence-corrected chi connectivity index (χ0v) is 12.1. The van der Waals surface area contributed by atoms with Crippen molar-refractivity contribution in [2.75, 3.05) is 11.9 Å². The second-order valence-corrected chi connectivity index (χ2v) is 4.92. The molecular weight excluding hydrogens is 289 g/mol. The maximum absolute atomic E-state index is 11.5. The third kappa shape index (κ3) is 5.36. The van der Waals surface area contributed by atoms with E-state index in [1.165, 1.54) is 0 Å². The number of nitrogens with one attached hydrogen (secondary N) is 3. The first-order valence-corrected chi connectivity index (χ1v) is 6.44. The van der Waals surface area contributed by atoms with Crippen molar-refractivity contribution in [3.05, 3.63) is 28.2 Å². The van der Waals surface area contributed by atoms with Crippen molar-refractivity contribution in [1.82, 2.24) is 10.6 Å². The van der Waals surface area contributed by atoms with Gasteiger partial charge in [-0.1, -0.05) is 29.3 Å². The van der Waals surface area contributed by atoms with Gasteiger partial charge in [0.2, 0.25) is 5.91 Å². The van der Waals surface area contributed by atoms with E-state index in [4.69, 9.17) is 23.2 Å². The molecule has 104 valence electrons. The van der Waals surface area contributed by atoms with Gasteiger partial charge in [0.15, 0.2) is 0 Å². The number of hydrogen-bond donors (Lipinski definition) is 3. The summed E-state index contributed by atoms with van der Waals surface area (Å²) in [6, 6.07) is 4.48. The topological polar surface area (TPSA) is 70.2 Å². The minimum Gasteiger partial charge on any atom is -0.375 e. The number of hydrogen-bond acceptors (Lipinski definition) is 3. The van der Waals surface area contributed by atoms with Gasteiger partial charge in [0.1, 0.15) is 0 Å². The van der Waals surface area contributed by atoms with Crippen LogP contribution in [0.3, 0.4) is 0 Å². The molecule has 7 heteroatoms. The number of anilines is 1. The molecule has 0 bridgehead atoms. The number of carbonyl (C=O) groups is 2. The number of halogens is 2. The molecule has 0 heterocycles. The Morgan fingerprint density at radius 3 is 2.58 bits per heavy atom. The molecule has 5 nitrogen and oxygen atoms in total. The quantitative estimate of drug-likeness (QED) is 0.801. The fraction of sp³-hybridized carbons (Fsp3) is 0.333. The van der Waals surface area contributed by atoms with Crippen LogP contribution in [0.1, 0.15) is 13.8 Å². The van der Waals surface area contributed by atoms with Crippen LogP contribution in [-0.2, 0) is 4.79 Å². The van der Waals surface area contributed by atoms with Crippen LogP contribution in [0.4, 0.5) is 10.5 Å². The molecule has 0 saturated heterocycles. The Morgan fingerprint density at radius 2 is 1.95 bits per heavy atom. The molecule has 0 atom stereocenters. The fourth-order valence-corrected chi connectivity index (χ4v) is 1.65. The van der Waals surface area contributed by atoms with Gasteiger partial charge in [0.25, 0.3) is 0 Å². The summed E-state index contributed by atoms with van der Waals surface area (Å²) in [7, 11) is 0. The van der Waals surface area contributed by atoms with E-state index in [1.54, 1.807) is 32.0 Å². The van der Waals surface area contributed by atoms with Crippen molar-refractivity contribution in [2.45, 2.75) is 19.9 Å². The molecule has 0 spiro atoms. The molecule has 1 aromatic carbocycles. The number of imide groups is 1. The Balaban J connectivity index is 2.46. The number of amides is 3. The summed E-state index contributed by atoms with van der Waals surface area (Å²) in [5.74, 6) is -0.464. The molecule has 1 rings (SSSR count). The second kappa shape index (κ2) is 7.21. The first-order valence-electron chi connectivity index (χ1n) is 5.68. The highest BCUT2D eigenvalue weighted by Gasteiger charge is 2.09. The molecule has 3 amide bonds. The summed E-state index contributed by atoms with van der Waals surface area (Å²) < 4.78 is 0. The van der Waals surface area contributed by atoms with Crippen LogP contribution in [0.5, 0.6) is 0 Å². The van der Waals surface area contributed by atoms with Crippen LogP contribution >= 0.6 is 23.2 Å². The van der Waals surface area contributed by atoms with Crippen molar-refractivity contribution in [3.63, 3.8) is 0 Å². The molecule has 19 heavy (non-hydrogen) atoms. The molecule has 0 saturated carbocycles. The maximum atomic E-state index is 11.5. The third-order valence-corrected chi connectivity index (χ3v) is 2.88. The fourth-order valence-electron chi connectivity index (χ4n) is 1.28. The summed E-state index contributed by atoms with van der Waals surface area (Å²) in [5, 5.41) is 8.27. The van der Waals surface area contributed by atoms with Gasteiger partial charge in [-0.25, -0.2) is 4.79 Å². The summed E-state index contributed by atoms with van der Waals surface area (Å²) >= 11 is 11.8. The Bertz CT molecular complexity index is 478. The first kappa shape index (κ1) is 15.6. The van der Waals surface area contributed by atoms with E-state index in [9.17, 15) is 9.59 Å². The molecule has 0 aromatic heterocycles. The number of benzene rings is 1. The standard InChI is InChI=1S/C12H15Cl2N3O2/c1-7(2)16-12(19)17-10(18)6-15-9-5-3-4-8(13)11(9)14/h3-5,7,15H,6H2,1-2H3,(H2,16,17,18,19). The van der Waals surface area contributed by atoms with Crippen molar-refractivity contribution in [3.8, 4) is 0 Å². The van der Waals surface area contributed by atoms with Crippen LogP contribution in [0.15, 0.2) is 18.2 Å². The molecule has 0 unspecified atom stereocenters. The molecule has 0 radical (unpaired) electrons. The number of rotatable bonds is 4. The van der Waals surface area contributed by atoms with Crippen molar-refractivity contribution in [1.29, 1.82) is 0 Å². The van der Waals surface area contributed by atoms with E-state index in [0.717, 1.165) is 0 Å². The highest BCUT2D eigenvalue weighted by molar-refractivity contribution is 6.43. The van der Waals surface area contributed by atoms with Gasteiger partial charge < -0.3 is 10.6 Å². The first-order chi connectivity index (χ1) is 8.90. The van der Waals surface area contributed by atoms with Crippen molar-refractivity contribution in [2.24, 2.45) is 0 Å². The van der Waals surface area contributed by atoms with E-state index in [-0.39, 0.29) is 12.6 Å². The van der Waals surface area contributed by atoms with Gasteiger partial charge in [-0.15, -0.1) is 0 Å². The smallest absolute Gasteiger partial charge is 0.321 e. The molecular formula is C12H15Cl2N3O2. The highest BCUT2D eigenvalue weighted by Crippen LogP contribution is 2.29. The average molecular weight is 304 g/mol. The van der Waals surface area contributed by atoms with E-state index in [1.807, 2.05) is 0 Å². The van der Waals surface area contributed by atoms with Gasteiger partial charge in [-0.2, -0.15) is 0 Å². The molecule has 1 aromatic rings. The lowest BCUT2D eigenvalue weighted by Crippen LogP contribution is -2.44. The summed E-state index contributed by atoms with van der Waals surface area (Å²) in [4.78, 5) is 22.8. The van der Waals surface area contributed by atoms with Crippen molar-refractivity contribution >= 4 is 40.8 Å². The van der Waals surface area contributed by atoms with Crippen LogP contribution in [0.2, 0.25) is 10.0 Å². The summed E-state index contributed by atoms with van der Waals surface area (Å²) in [5.41, 5.74) is 0.536. The predicted molar refractivity (Wildman–Crippen MR) is 76.8 cm³/mol.